The summed E-state index contributed by atoms with van der Waals surface area (Å²) in [7, 11) is -3.83. The quantitative estimate of drug-likeness (QED) is 0.823. The second kappa shape index (κ2) is 6.50. The second-order valence-corrected chi connectivity index (χ2v) is 7.68. The van der Waals surface area contributed by atoms with Gasteiger partial charge in [-0.15, -0.1) is 0 Å². The van der Waals surface area contributed by atoms with Gasteiger partial charge in [0.15, 0.2) is 5.82 Å². The number of rotatable bonds is 4. The Kier molecular flexibility index (Phi) is 4.57. The Labute approximate surface area is 143 Å². The Hall–Kier alpha value is -1.97. The zero-order chi connectivity index (χ0) is 17.3. The lowest BCUT2D eigenvalue weighted by molar-refractivity contribution is -0.119. The lowest BCUT2D eigenvalue weighted by atomic mass is 10.2. The first-order valence-electron chi connectivity index (χ1n) is 7.25. The first-order chi connectivity index (χ1) is 11.4. The van der Waals surface area contributed by atoms with Gasteiger partial charge in [0.1, 0.15) is 21.9 Å². The van der Waals surface area contributed by atoms with Gasteiger partial charge in [0, 0.05) is 18.8 Å². The van der Waals surface area contributed by atoms with Crippen LogP contribution < -0.4 is 5.32 Å². The number of aryl methyl sites for hydroxylation is 1. The number of nitrogens with zero attached hydrogens (tertiary/aromatic N) is 3. The molecule has 24 heavy (non-hydrogen) atoms. The molecule has 8 nitrogen and oxygen atoms in total. The van der Waals surface area contributed by atoms with Crippen LogP contribution in [-0.4, -0.2) is 41.4 Å². The van der Waals surface area contributed by atoms with Crippen molar-refractivity contribution < 1.29 is 17.7 Å². The van der Waals surface area contributed by atoms with Gasteiger partial charge >= 0.3 is 0 Å². The van der Waals surface area contributed by atoms with Crippen molar-refractivity contribution in [2.45, 2.75) is 30.7 Å². The number of nitrogens with one attached hydrogen (secondary N) is 1. The Morgan fingerprint density at radius 3 is 2.88 bits per heavy atom. The number of carbonyl (C=O) groups excluding carboxylic acids is 1. The van der Waals surface area contributed by atoms with Gasteiger partial charge in [0.25, 0.3) is 0 Å². The van der Waals surface area contributed by atoms with Crippen molar-refractivity contribution in [2.24, 2.45) is 0 Å². The van der Waals surface area contributed by atoms with Crippen LogP contribution in [0, 0.1) is 6.92 Å². The molecular weight excluding hydrogens is 356 g/mol. The number of anilines is 1. The predicted molar refractivity (Wildman–Crippen MR) is 86.0 cm³/mol. The molecule has 0 unspecified atom stereocenters. The van der Waals surface area contributed by atoms with Crippen molar-refractivity contribution in [1.82, 2.24) is 14.4 Å². The summed E-state index contributed by atoms with van der Waals surface area (Å²) in [6.07, 6.45) is 2.21. The Morgan fingerprint density at radius 2 is 2.25 bits per heavy atom. The summed E-state index contributed by atoms with van der Waals surface area (Å²) < 4.78 is 31.6. The van der Waals surface area contributed by atoms with Crippen molar-refractivity contribution in [3.8, 4) is 0 Å². The maximum Gasteiger partial charge on any atom is 0.245 e. The van der Waals surface area contributed by atoms with E-state index in [-0.39, 0.29) is 22.4 Å². The van der Waals surface area contributed by atoms with Gasteiger partial charge in [-0.2, -0.15) is 4.31 Å². The van der Waals surface area contributed by atoms with E-state index >= 15 is 0 Å². The van der Waals surface area contributed by atoms with Gasteiger partial charge in [-0.25, -0.2) is 13.4 Å². The maximum absolute atomic E-state index is 12.7. The van der Waals surface area contributed by atoms with E-state index in [0.29, 0.717) is 18.6 Å². The number of amides is 1. The molecule has 0 radical (unpaired) electrons. The summed E-state index contributed by atoms with van der Waals surface area (Å²) in [4.78, 5) is 16.2. The number of hydrogen-bond acceptors (Lipinski definition) is 6. The van der Waals surface area contributed by atoms with E-state index in [1.807, 2.05) is 0 Å². The highest BCUT2D eigenvalue weighted by Crippen LogP contribution is 2.27. The molecule has 10 heteroatoms. The van der Waals surface area contributed by atoms with E-state index in [0.717, 1.165) is 0 Å². The molecule has 0 bridgehead atoms. The number of aromatic nitrogens is 2. The number of hydrogen-bond donors (Lipinski definition) is 1. The van der Waals surface area contributed by atoms with Crippen LogP contribution in [0.15, 0.2) is 33.8 Å². The van der Waals surface area contributed by atoms with Gasteiger partial charge in [0.05, 0.1) is 0 Å². The fourth-order valence-electron chi connectivity index (χ4n) is 2.57. The van der Waals surface area contributed by atoms with Crippen LogP contribution in [0.5, 0.6) is 0 Å². The minimum atomic E-state index is -3.83. The number of sulfonamides is 1. The second-order valence-electron chi connectivity index (χ2n) is 5.40. The molecule has 0 aromatic carbocycles. The van der Waals surface area contributed by atoms with Gasteiger partial charge in [-0.1, -0.05) is 16.8 Å². The highest BCUT2D eigenvalue weighted by Gasteiger charge is 2.39. The van der Waals surface area contributed by atoms with Crippen LogP contribution in [0.4, 0.5) is 5.82 Å². The first-order valence-corrected chi connectivity index (χ1v) is 9.07. The van der Waals surface area contributed by atoms with Crippen molar-refractivity contribution in [3.05, 3.63) is 35.3 Å². The van der Waals surface area contributed by atoms with Gasteiger partial charge in [0.2, 0.25) is 15.9 Å². The smallest absolute Gasteiger partial charge is 0.245 e. The fraction of sp³-hybridized carbons (Fsp3) is 0.357. The molecule has 0 aliphatic carbocycles. The summed E-state index contributed by atoms with van der Waals surface area (Å²) in [6, 6.07) is 3.54. The van der Waals surface area contributed by atoms with Gasteiger partial charge < -0.3 is 9.84 Å². The summed E-state index contributed by atoms with van der Waals surface area (Å²) in [5.74, 6) is 0.370. The highest BCUT2D eigenvalue weighted by molar-refractivity contribution is 7.89. The topological polar surface area (TPSA) is 105 Å². The van der Waals surface area contributed by atoms with Crippen LogP contribution in [0.1, 0.15) is 18.6 Å². The summed E-state index contributed by atoms with van der Waals surface area (Å²) in [6.45, 7) is 1.96. The van der Waals surface area contributed by atoms with E-state index in [2.05, 4.69) is 15.5 Å². The molecule has 1 N–H and O–H groups in total. The minimum Gasteiger partial charge on any atom is -0.360 e. The van der Waals surface area contributed by atoms with Gasteiger partial charge in [-0.3, -0.25) is 4.79 Å². The SMILES string of the molecule is Cc1cc(NC(=O)[C@@H]2CCCN2S(=O)(=O)c2ccc(Cl)nc2)no1. The van der Waals surface area contributed by atoms with E-state index in [1.165, 1.54) is 22.6 Å². The predicted octanol–water partition coefficient (Wildman–Crippen LogP) is 1.82. The van der Waals surface area contributed by atoms with E-state index in [4.69, 9.17) is 16.1 Å². The summed E-state index contributed by atoms with van der Waals surface area (Å²) in [5.41, 5.74) is 0. The molecule has 3 heterocycles. The zero-order valence-corrected chi connectivity index (χ0v) is 14.3. The molecule has 128 valence electrons. The van der Waals surface area contributed by atoms with Crippen LogP contribution in [0.3, 0.4) is 0 Å². The zero-order valence-electron chi connectivity index (χ0n) is 12.8. The monoisotopic (exact) mass is 370 g/mol. The van der Waals surface area contributed by atoms with Gasteiger partial charge in [-0.05, 0) is 31.9 Å². The molecule has 3 rings (SSSR count). The molecule has 0 saturated carbocycles. The normalized spacial score (nSPS) is 18.7. The fourth-order valence-corrected chi connectivity index (χ4v) is 4.29. The highest BCUT2D eigenvalue weighted by atomic mass is 35.5. The molecule has 1 saturated heterocycles. The van der Waals surface area contributed by atoms with Crippen molar-refractivity contribution in [2.75, 3.05) is 11.9 Å². The minimum absolute atomic E-state index is 0.00359. The van der Waals surface area contributed by atoms with E-state index in [1.54, 1.807) is 13.0 Å². The molecular formula is C14H15ClN4O4S. The molecule has 1 fully saturated rings. The molecule has 1 aliphatic rings. The van der Waals surface area contributed by atoms with Crippen molar-refractivity contribution in [3.63, 3.8) is 0 Å². The summed E-state index contributed by atoms with van der Waals surface area (Å²) in [5, 5.41) is 6.46. The Morgan fingerprint density at radius 1 is 1.46 bits per heavy atom. The van der Waals surface area contributed by atoms with Crippen LogP contribution >= 0.6 is 11.6 Å². The third-order valence-electron chi connectivity index (χ3n) is 3.69. The average molecular weight is 371 g/mol. The van der Waals surface area contributed by atoms with Crippen molar-refractivity contribution in [1.29, 1.82) is 0 Å². The first kappa shape index (κ1) is 16.9. The molecule has 2 aromatic heterocycles. The maximum atomic E-state index is 12.7. The number of pyridine rings is 1. The average Bonchev–Trinajstić information content (AvgIpc) is 3.17. The van der Waals surface area contributed by atoms with Crippen molar-refractivity contribution >= 4 is 33.3 Å². The standard InChI is InChI=1S/C14H15ClN4O4S/c1-9-7-13(18-23-9)17-14(20)11-3-2-6-19(11)24(21,22)10-4-5-12(15)16-8-10/h4-5,7-8,11H,2-3,6H2,1H3,(H,17,18,20)/t11-/m0/s1. The number of carbonyl (C=O) groups is 1. The Bertz CT molecular complexity index is 850. The number of halogens is 1. The molecule has 1 atom stereocenters. The third kappa shape index (κ3) is 3.28. The third-order valence-corrected chi connectivity index (χ3v) is 5.81. The molecule has 1 amide bonds. The van der Waals surface area contributed by atoms with Crippen LogP contribution in [0.25, 0.3) is 0 Å². The van der Waals surface area contributed by atoms with Crippen LogP contribution in [0.2, 0.25) is 5.15 Å². The van der Waals surface area contributed by atoms with E-state index < -0.39 is 22.0 Å². The molecule has 0 spiro atoms. The van der Waals surface area contributed by atoms with E-state index in [9.17, 15) is 13.2 Å². The largest absolute Gasteiger partial charge is 0.360 e. The lowest BCUT2D eigenvalue weighted by Crippen LogP contribution is -2.43. The summed E-state index contributed by atoms with van der Waals surface area (Å²) >= 11 is 5.69. The van der Waals surface area contributed by atoms with Crippen LogP contribution in [-0.2, 0) is 14.8 Å². The molecule has 2 aromatic rings. The Balaban J connectivity index is 1.81. The lowest BCUT2D eigenvalue weighted by Gasteiger charge is -2.22. The molecule has 1 aliphatic heterocycles.